The zero-order valence-electron chi connectivity index (χ0n) is 11.4. The molecular formula is C14H22N2O4. The van der Waals surface area contributed by atoms with Gasteiger partial charge in [-0.1, -0.05) is 6.07 Å². The van der Waals surface area contributed by atoms with E-state index in [0.29, 0.717) is 37.7 Å². The number of aliphatic hydroxyl groups excluding tert-OH is 2. The van der Waals surface area contributed by atoms with E-state index in [4.69, 9.17) is 15.2 Å². The summed E-state index contributed by atoms with van der Waals surface area (Å²) >= 11 is 0. The predicted molar refractivity (Wildman–Crippen MR) is 75.6 cm³/mol. The first kappa shape index (κ1) is 15.1. The Morgan fingerprint density at radius 2 is 2.35 bits per heavy atom. The average molecular weight is 282 g/mol. The Balaban J connectivity index is 1.78. The number of hydrogen-bond donors (Lipinski definition) is 3. The molecule has 1 aromatic rings. The lowest BCUT2D eigenvalue weighted by Crippen LogP contribution is -2.50. The van der Waals surface area contributed by atoms with E-state index < -0.39 is 6.10 Å². The molecule has 1 fully saturated rings. The van der Waals surface area contributed by atoms with E-state index in [0.717, 1.165) is 0 Å². The summed E-state index contributed by atoms with van der Waals surface area (Å²) in [6.45, 7) is 2.51. The molecule has 0 amide bonds. The fourth-order valence-electron chi connectivity index (χ4n) is 2.22. The zero-order valence-corrected chi connectivity index (χ0v) is 11.4. The molecule has 6 nitrogen and oxygen atoms in total. The van der Waals surface area contributed by atoms with E-state index in [1.807, 2.05) is 4.90 Å². The Morgan fingerprint density at radius 1 is 1.50 bits per heavy atom. The number of aliphatic hydroxyl groups is 2. The molecule has 1 saturated heterocycles. The van der Waals surface area contributed by atoms with Crippen LogP contribution in [0.4, 0.5) is 5.69 Å². The third-order valence-corrected chi connectivity index (χ3v) is 3.31. The van der Waals surface area contributed by atoms with Gasteiger partial charge >= 0.3 is 0 Å². The van der Waals surface area contributed by atoms with E-state index in [-0.39, 0.29) is 19.3 Å². The second-order valence-electron chi connectivity index (χ2n) is 4.94. The van der Waals surface area contributed by atoms with Gasteiger partial charge in [0.05, 0.1) is 25.9 Å². The molecule has 0 aromatic heterocycles. The van der Waals surface area contributed by atoms with Crippen LogP contribution in [0.25, 0.3) is 0 Å². The van der Waals surface area contributed by atoms with Crippen molar-refractivity contribution < 1.29 is 19.7 Å². The predicted octanol–water partition coefficient (Wildman–Crippen LogP) is -0.298. The van der Waals surface area contributed by atoms with Gasteiger partial charge in [0.25, 0.3) is 0 Å². The summed E-state index contributed by atoms with van der Waals surface area (Å²) in [5, 5.41) is 19.3. The minimum Gasteiger partial charge on any atom is -0.491 e. The first-order valence-electron chi connectivity index (χ1n) is 6.78. The highest BCUT2D eigenvalue weighted by Gasteiger charge is 2.24. The third kappa shape index (κ3) is 4.35. The number of morpholine rings is 1. The van der Waals surface area contributed by atoms with Crippen LogP contribution in [-0.2, 0) is 4.74 Å². The van der Waals surface area contributed by atoms with Crippen molar-refractivity contribution >= 4 is 5.69 Å². The van der Waals surface area contributed by atoms with Crippen LogP contribution in [0.5, 0.6) is 5.75 Å². The summed E-state index contributed by atoms with van der Waals surface area (Å²) in [6, 6.07) is 7.06. The number of ether oxygens (including phenoxy) is 2. The second kappa shape index (κ2) is 7.44. The highest BCUT2D eigenvalue weighted by Crippen LogP contribution is 2.15. The Morgan fingerprint density at radius 3 is 3.10 bits per heavy atom. The van der Waals surface area contributed by atoms with Gasteiger partial charge < -0.3 is 25.4 Å². The summed E-state index contributed by atoms with van der Waals surface area (Å²) in [5.41, 5.74) is 6.29. The van der Waals surface area contributed by atoms with Crippen LogP contribution in [0.3, 0.4) is 0 Å². The second-order valence-corrected chi connectivity index (χ2v) is 4.94. The minimum atomic E-state index is -0.622. The summed E-state index contributed by atoms with van der Waals surface area (Å²) in [6.07, 6.45) is -0.622. The standard InChI is InChI=1S/C14H22N2O4/c15-11-2-1-3-14(6-11)20-10-13(18)7-16-4-5-19-9-12(16)8-17/h1-3,6,12-13,17-18H,4-5,7-10,15H2. The zero-order chi connectivity index (χ0) is 14.4. The molecule has 6 heteroatoms. The molecule has 2 rings (SSSR count). The van der Waals surface area contributed by atoms with Crippen molar-refractivity contribution in [2.24, 2.45) is 0 Å². The lowest BCUT2D eigenvalue weighted by molar-refractivity contribution is -0.0480. The molecule has 0 saturated carbocycles. The number of benzene rings is 1. The summed E-state index contributed by atoms with van der Waals surface area (Å²) in [5.74, 6) is 0.643. The Kier molecular flexibility index (Phi) is 5.60. The number of nitrogens with two attached hydrogens (primary N) is 1. The number of hydrogen-bond acceptors (Lipinski definition) is 6. The molecule has 1 aliphatic rings. The summed E-state index contributed by atoms with van der Waals surface area (Å²) < 4.78 is 10.8. The van der Waals surface area contributed by atoms with Gasteiger partial charge in [0, 0.05) is 24.8 Å². The normalized spacial score (nSPS) is 21.6. The molecule has 2 atom stereocenters. The van der Waals surface area contributed by atoms with Crippen molar-refractivity contribution in [2.75, 3.05) is 45.3 Å². The van der Waals surface area contributed by atoms with E-state index in [9.17, 15) is 10.2 Å². The number of nitrogens with zero attached hydrogens (tertiary/aromatic N) is 1. The van der Waals surface area contributed by atoms with Crippen molar-refractivity contribution in [2.45, 2.75) is 12.1 Å². The summed E-state index contributed by atoms with van der Waals surface area (Å²) in [4.78, 5) is 2.02. The van der Waals surface area contributed by atoms with Crippen LogP contribution in [0.1, 0.15) is 0 Å². The Hall–Kier alpha value is -1.34. The molecule has 1 aliphatic heterocycles. The van der Waals surface area contributed by atoms with Crippen molar-refractivity contribution in [3.8, 4) is 5.75 Å². The smallest absolute Gasteiger partial charge is 0.121 e. The van der Waals surface area contributed by atoms with Crippen LogP contribution in [0, 0.1) is 0 Å². The first-order chi connectivity index (χ1) is 9.69. The largest absolute Gasteiger partial charge is 0.491 e. The maximum atomic E-state index is 10.0. The molecule has 0 radical (unpaired) electrons. The van der Waals surface area contributed by atoms with Gasteiger partial charge in [-0.25, -0.2) is 0 Å². The molecule has 0 spiro atoms. The van der Waals surface area contributed by atoms with Gasteiger partial charge in [0.2, 0.25) is 0 Å². The molecule has 4 N–H and O–H groups in total. The molecule has 0 aliphatic carbocycles. The minimum absolute atomic E-state index is 0.0306. The van der Waals surface area contributed by atoms with Gasteiger partial charge in [-0.05, 0) is 12.1 Å². The number of anilines is 1. The summed E-state index contributed by atoms with van der Waals surface area (Å²) in [7, 11) is 0. The molecular weight excluding hydrogens is 260 g/mol. The van der Waals surface area contributed by atoms with Crippen molar-refractivity contribution in [1.29, 1.82) is 0 Å². The van der Waals surface area contributed by atoms with Crippen LogP contribution < -0.4 is 10.5 Å². The lowest BCUT2D eigenvalue weighted by atomic mass is 10.2. The van der Waals surface area contributed by atoms with Crippen LogP contribution >= 0.6 is 0 Å². The van der Waals surface area contributed by atoms with Gasteiger partial charge in [-0.3, -0.25) is 4.90 Å². The number of rotatable bonds is 6. The van der Waals surface area contributed by atoms with Gasteiger partial charge in [-0.15, -0.1) is 0 Å². The highest BCUT2D eigenvalue weighted by molar-refractivity contribution is 5.43. The molecule has 112 valence electrons. The van der Waals surface area contributed by atoms with Gasteiger partial charge in [-0.2, -0.15) is 0 Å². The molecule has 0 bridgehead atoms. The topological polar surface area (TPSA) is 88.2 Å². The van der Waals surface area contributed by atoms with E-state index in [1.165, 1.54) is 0 Å². The molecule has 20 heavy (non-hydrogen) atoms. The van der Waals surface area contributed by atoms with E-state index in [2.05, 4.69) is 0 Å². The van der Waals surface area contributed by atoms with Crippen molar-refractivity contribution in [3.05, 3.63) is 24.3 Å². The first-order valence-corrected chi connectivity index (χ1v) is 6.78. The highest BCUT2D eigenvalue weighted by atomic mass is 16.5. The van der Waals surface area contributed by atoms with Crippen LogP contribution in [0.2, 0.25) is 0 Å². The van der Waals surface area contributed by atoms with E-state index in [1.54, 1.807) is 24.3 Å². The molecule has 1 heterocycles. The quantitative estimate of drug-likeness (QED) is 0.621. The van der Waals surface area contributed by atoms with Crippen LogP contribution in [0.15, 0.2) is 24.3 Å². The van der Waals surface area contributed by atoms with Gasteiger partial charge in [0.1, 0.15) is 18.5 Å². The van der Waals surface area contributed by atoms with E-state index >= 15 is 0 Å². The lowest BCUT2D eigenvalue weighted by Gasteiger charge is -2.35. The third-order valence-electron chi connectivity index (χ3n) is 3.31. The number of β-amino-alcohol motifs (C(OH)–C–C–N with tert-alkyl or cyclic N) is 1. The van der Waals surface area contributed by atoms with Gasteiger partial charge in [0.15, 0.2) is 0 Å². The fraction of sp³-hybridized carbons (Fsp3) is 0.571. The fourth-order valence-corrected chi connectivity index (χ4v) is 2.22. The SMILES string of the molecule is Nc1cccc(OCC(O)CN2CCOCC2CO)c1. The van der Waals surface area contributed by atoms with Crippen molar-refractivity contribution in [3.63, 3.8) is 0 Å². The van der Waals surface area contributed by atoms with Crippen molar-refractivity contribution in [1.82, 2.24) is 4.90 Å². The average Bonchev–Trinajstić information content (AvgIpc) is 2.46. The molecule has 1 aromatic carbocycles. The van der Waals surface area contributed by atoms with Crippen LogP contribution in [-0.4, -0.2) is 66.8 Å². The Labute approximate surface area is 118 Å². The monoisotopic (exact) mass is 282 g/mol. The maximum absolute atomic E-state index is 10.0. The maximum Gasteiger partial charge on any atom is 0.121 e. The number of nitrogen functional groups attached to an aromatic ring is 1. The Bertz CT molecular complexity index is 416. The molecule has 2 unspecified atom stereocenters.